The third-order valence-electron chi connectivity index (χ3n) is 4.15. The van der Waals surface area contributed by atoms with Crippen LogP contribution in [-0.2, 0) is 19.4 Å². The van der Waals surface area contributed by atoms with E-state index < -0.39 is 0 Å². The molecule has 25 heavy (non-hydrogen) atoms. The number of nitrogens with two attached hydrogens (primary N) is 2. The van der Waals surface area contributed by atoms with Gasteiger partial charge in [-0.25, -0.2) is 0 Å². The summed E-state index contributed by atoms with van der Waals surface area (Å²) in [5.74, 6) is 1.56. The van der Waals surface area contributed by atoms with Gasteiger partial charge in [-0.3, -0.25) is 0 Å². The van der Waals surface area contributed by atoms with Crippen molar-refractivity contribution in [3.8, 4) is 11.5 Å². The standard InChI is InChI=1S/C19H22N4O2/c1-24-18-8-5-13(11-22-23-19(20)21)9-16(18)12-25-17-7-6-14-3-2-4-15(14)10-17/h5-11H,2-4,12H2,1H3,(H4,20,21,23). The summed E-state index contributed by atoms with van der Waals surface area (Å²) in [6, 6.07) is 12.0. The van der Waals surface area contributed by atoms with Crippen LogP contribution < -0.4 is 20.9 Å². The van der Waals surface area contributed by atoms with E-state index in [0.717, 1.165) is 29.0 Å². The van der Waals surface area contributed by atoms with Crippen LogP contribution in [-0.4, -0.2) is 19.3 Å². The van der Waals surface area contributed by atoms with Crippen molar-refractivity contribution in [1.82, 2.24) is 0 Å². The van der Waals surface area contributed by atoms with Crippen LogP contribution in [0.1, 0.15) is 28.7 Å². The maximum Gasteiger partial charge on any atom is 0.211 e. The number of benzene rings is 2. The molecule has 6 nitrogen and oxygen atoms in total. The first-order chi connectivity index (χ1) is 12.2. The Bertz CT molecular complexity index is 811. The molecule has 0 unspecified atom stereocenters. The van der Waals surface area contributed by atoms with Crippen LogP contribution in [0.15, 0.2) is 46.6 Å². The summed E-state index contributed by atoms with van der Waals surface area (Å²) in [6.45, 7) is 0.409. The Morgan fingerprint density at radius 2 is 1.96 bits per heavy atom. The number of fused-ring (bicyclic) bond motifs is 1. The topological polar surface area (TPSA) is 95.2 Å². The van der Waals surface area contributed by atoms with Gasteiger partial charge in [0.05, 0.1) is 13.3 Å². The van der Waals surface area contributed by atoms with Crippen LogP contribution in [0.2, 0.25) is 0 Å². The fourth-order valence-electron chi connectivity index (χ4n) is 2.95. The molecule has 4 N–H and O–H groups in total. The van der Waals surface area contributed by atoms with Crippen LogP contribution >= 0.6 is 0 Å². The fourth-order valence-corrected chi connectivity index (χ4v) is 2.95. The number of guanidine groups is 1. The average Bonchev–Trinajstić information content (AvgIpc) is 3.07. The molecule has 3 rings (SSSR count). The smallest absolute Gasteiger partial charge is 0.211 e. The monoisotopic (exact) mass is 338 g/mol. The van der Waals surface area contributed by atoms with E-state index >= 15 is 0 Å². The molecule has 0 saturated carbocycles. The normalized spacial score (nSPS) is 12.8. The number of hydrogen-bond donors (Lipinski definition) is 2. The summed E-state index contributed by atoms with van der Waals surface area (Å²) in [6.07, 6.45) is 5.11. The fraction of sp³-hybridized carbons (Fsp3) is 0.263. The molecule has 2 aromatic rings. The van der Waals surface area contributed by atoms with Gasteiger partial charge in [0.1, 0.15) is 18.1 Å². The molecule has 0 aromatic heterocycles. The van der Waals surface area contributed by atoms with Crippen LogP contribution in [0.25, 0.3) is 0 Å². The highest BCUT2D eigenvalue weighted by molar-refractivity contribution is 5.82. The maximum absolute atomic E-state index is 5.97. The second-order valence-corrected chi connectivity index (χ2v) is 5.91. The molecule has 130 valence electrons. The molecule has 0 atom stereocenters. The first-order valence-corrected chi connectivity index (χ1v) is 8.19. The molecular weight excluding hydrogens is 316 g/mol. The molecule has 0 radical (unpaired) electrons. The van der Waals surface area contributed by atoms with E-state index in [2.05, 4.69) is 22.3 Å². The lowest BCUT2D eigenvalue weighted by Gasteiger charge is -2.12. The van der Waals surface area contributed by atoms with E-state index in [1.54, 1.807) is 13.3 Å². The number of hydrogen-bond acceptors (Lipinski definition) is 4. The molecule has 6 heteroatoms. The van der Waals surface area contributed by atoms with Gasteiger partial charge in [0.25, 0.3) is 0 Å². The van der Waals surface area contributed by atoms with E-state index in [1.807, 2.05) is 24.3 Å². The van der Waals surface area contributed by atoms with Gasteiger partial charge in [0, 0.05) is 5.56 Å². The summed E-state index contributed by atoms with van der Waals surface area (Å²) >= 11 is 0. The molecule has 0 heterocycles. The number of ether oxygens (including phenoxy) is 2. The SMILES string of the molecule is COc1ccc(C=NN=C(N)N)cc1COc1ccc2c(c1)CCC2. The number of nitrogens with zero attached hydrogens (tertiary/aromatic N) is 2. The second-order valence-electron chi connectivity index (χ2n) is 5.91. The van der Waals surface area contributed by atoms with Gasteiger partial charge in [-0.05, 0) is 66.3 Å². The van der Waals surface area contributed by atoms with Crippen molar-refractivity contribution in [3.05, 3.63) is 58.7 Å². The highest BCUT2D eigenvalue weighted by Gasteiger charge is 2.12. The second kappa shape index (κ2) is 7.70. The lowest BCUT2D eigenvalue weighted by molar-refractivity contribution is 0.296. The Hall–Kier alpha value is -3.02. The zero-order valence-electron chi connectivity index (χ0n) is 14.2. The third-order valence-corrected chi connectivity index (χ3v) is 4.15. The lowest BCUT2D eigenvalue weighted by atomic mass is 10.1. The summed E-state index contributed by atoms with van der Waals surface area (Å²) in [7, 11) is 1.64. The Morgan fingerprint density at radius 3 is 2.76 bits per heavy atom. The average molecular weight is 338 g/mol. The molecule has 1 aliphatic rings. The van der Waals surface area contributed by atoms with E-state index in [1.165, 1.54) is 24.0 Å². The maximum atomic E-state index is 5.97. The predicted molar refractivity (Wildman–Crippen MR) is 99.2 cm³/mol. The van der Waals surface area contributed by atoms with E-state index in [9.17, 15) is 0 Å². The minimum atomic E-state index is -0.0788. The predicted octanol–water partition coefficient (Wildman–Crippen LogP) is 2.37. The highest BCUT2D eigenvalue weighted by Crippen LogP contribution is 2.27. The van der Waals surface area contributed by atoms with Crippen LogP contribution in [0.5, 0.6) is 11.5 Å². The molecule has 0 fully saturated rings. The van der Waals surface area contributed by atoms with Gasteiger partial charge >= 0.3 is 0 Å². The van der Waals surface area contributed by atoms with Crippen molar-refractivity contribution in [2.24, 2.45) is 21.7 Å². The quantitative estimate of drug-likeness (QED) is 0.480. The van der Waals surface area contributed by atoms with Gasteiger partial charge in [-0.1, -0.05) is 6.07 Å². The molecule has 0 amide bonds. The molecule has 0 bridgehead atoms. The Labute approximate surface area is 147 Å². The molecule has 1 aliphatic carbocycles. The van der Waals surface area contributed by atoms with Gasteiger partial charge in [0.2, 0.25) is 5.96 Å². The summed E-state index contributed by atoms with van der Waals surface area (Å²) < 4.78 is 11.4. The first-order valence-electron chi connectivity index (χ1n) is 8.19. The van der Waals surface area contributed by atoms with Crippen molar-refractivity contribution in [3.63, 3.8) is 0 Å². The van der Waals surface area contributed by atoms with Gasteiger partial charge < -0.3 is 20.9 Å². The Kier molecular flexibility index (Phi) is 5.18. The van der Waals surface area contributed by atoms with Crippen molar-refractivity contribution >= 4 is 12.2 Å². The largest absolute Gasteiger partial charge is 0.496 e. The molecule has 2 aromatic carbocycles. The number of methoxy groups -OCH3 is 1. The van der Waals surface area contributed by atoms with Crippen molar-refractivity contribution in [1.29, 1.82) is 0 Å². The number of rotatable bonds is 6. The molecule has 0 saturated heterocycles. The van der Waals surface area contributed by atoms with E-state index in [4.69, 9.17) is 20.9 Å². The summed E-state index contributed by atoms with van der Waals surface area (Å²) in [5.41, 5.74) is 15.1. The van der Waals surface area contributed by atoms with E-state index in [0.29, 0.717) is 6.61 Å². The summed E-state index contributed by atoms with van der Waals surface area (Å²) in [5, 5.41) is 7.42. The zero-order valence-corrected chi connectivity index (χ0v) is 14.2. The van der Waals surface area contributed by atoms with Crippen molar-refractivity contribution < 1.29 is 9.47 Å². The van der Waals surface area contributed by atoms with Crippen LogP contribution in [0.3, 0.4) is 0 Å². The van der Waals surface area contributed by atoms with Gasteiger partial charge in [-0.2, -0.15) is 5.10 Å². The zero-order chi connectivity index (χ0) is 17.6. The lowest BCUT2D eigenvalue weighted by Crippen LogP contribution is -2.21. The Morgan fingerprint density at radius 1 is 1.12 bits per heavy atom. The Balaban J connectivity index is 1.74. The third kappa shape index (κ3) is 4.29. The molecular formula is C19H22N4O2. The first kappa shape index (κ1) is 16.8. The van der Waals surface area contributed by atoms with Gasteiger partial charge in [-0.15, -0.1) is 5.10 Å². The minimum absolute atomic E-state index is 0.0788. The van der Waals surface area contributed by atoms with Crippen molar-refractivity contribution in [2.75, 3.05) is 7.11 Å². The van der Waals surface area contributed by atoms with E-state index in [-0.39, 0.29) is 5.96 Å². The summed E-state index contributed by atoms with van der Waals surface area (Å²) in [4.78, 5) is 0. The van der Waals surface area contributed by atoms with Crippen LogP contribution in [0, 0.1) is 0 Å². The highest BCUT2D eigenvalue weighted by atomic mass is 16.5. The van der Waals surface area contributed by atoms with Gasteiger partial charge in [0.15, 0.2) is 0 Å². The molecule has 0 spiro atoms. The molecule has 0 aliphatic heterocycles. The van der Waals surface area contributed by atoms with Crippen molar-refractivity contribution in [2.45, 2.75) is 25.9 Å². The van der Waals surface area contributed by atoms with Crippen LogP contribution in [0.4, 0.5) is 0 Å². The minimum Gasteiger partial charge on any atom is -0.496 e. The number of aryl methyl sites for hydroxylation is 2.